The van der Waals surface area contributed by atoms with Gasteiger partial charge in [0.15, 0.2) is 0 Å². The number of unbranched alkanes of at least 4 members (excludes halogenated alkanes) is 5. The summed E-state index contributed by atoms with van der Waals surface area (Å²) in [4.78, 5) is 0.483. The van der Waals surface area contributed by atoms with Gasteiger partial charge in [0.1, 0.15) is 0 Å². The second-order valence-electron chi connectivity index (χ2n) is 11.2. The second kappa shape index (κ2) is 15.0. The van der Waals surface area contributed by atoms with Crippen LogP contribution in [0.1, 0.15) is 117 Å². The Morgan fingerprint density at radius 3 is 1.73 bits per heavy atom. The molecule has 2 rings (SSSR count). The number of rotatable bonds is 19. The van der Waals surface area contributed by atoms with Crippen molar-refractivity contribution < 1.29 is 12.4 Å². The molecule has 0 fully saturated rings. The van der Waals surface area contributed by atoms with Gasteiger partial charge in [-0.2, -0.15) is 0 Å². The van der Waals surface area contributed by atoms with Crippen molar-refractivity contribution in [3.8, 4) is 0 Å². The van der Waals surface area contributed by atoms with Crippen LogP contribution in [0.15, 0.2) is 35.2 Å². The molecule has 0 saturated carbocycles. The average Bonchev–Trinajstić information content (AvgIpc) is 2.90. The van der Waals surface area contributed by atoms with Gasteiger partial charge in [0.2, 0.25) is 0 Å². The van der Waals surface area contributed by atoms with Gasteiger partial charge in [0.05, 0.1) is 0 Å². The molecule has 0 radical (unpaired) electrons. The van der Waals surface area contributed by atoms with E-state index in [1.807, 2.05) is 18.2 Å². The SMILES string of the molecule is CCCCc1cc2ccccc2c(S(=O)(=O)OP(CC)(CCCC)(CCCC)CCCC)c1CCCC. The summed E-state index contributed by atoms with van der Waals surface area (Å²) < 4.78 is 36.4. The molecule has 0 aliphatic rings. The molecule has 0 spiro atoms. The standard InChI is InChI=1S/C32H55O3PS/c1-7-13-20-28-27-29-21-18-19-23-31(29)32(30(28)22-14-8-2)37(33,34)35-36(12-6,24-15-9-3,25-16-10-4)26-17-11-5/h18-19,21,23,27H,7-17,20,22,24-26H2,1-6H3. The van der Waals surface area contributed by atoms with Crippen molar-refractivity contribution in [3.63, 3.8) is 0 Å². The number of hydrogen-bond acceptors (Lipinski definition) is 3. The Bertz CT molecular complexity index is 1050. The normalized spacial score (nSPS) is 13.6. The Hall–Kier alpha value is -0.960. The fraction of sp³-hybridized carbons (Fsp3) is 0.688. The van der Waals surface area contributed by atoms with Crippen LogP contribution in [-0.4, -0.2) is 33.1 Å². The third kappa shape index (κ3) is 8.02. The average molecular weight is 551 g/mol. The van der Waals surface area contributed by atoms with Crippen molar-refractivity contribution in [2.75, 3.05) is 24.6 Å². The summed E-state index contributed by atoms with van der Waals surface area (Å²) in [6.45, 7) is 10.2. The predicted octanol–water partition coefficient (Wildman–Crippen LogP) is 10.1. The summed E-state index contributed by atoms with van der Waals surface area (Å²) in [6, 6.07) is 10.3. The molecule has 0 N–H and O–H groups in total. The van der Waals surface area contributed by atoms with Crippen molar-refractivity contribution >= 4 is 27.7 Å². The van der Waals surface area contributed by atoms with Crippen LogP contribution in [0.2, 0.25) is 0 Å². The molecular weight excluding hydrogens is 495 g/mol. The number of hydrogen-bond donors (Lipinski definition) is 0. The van der Waals surface area contributed by atoms with Gasteiger partial charge in [-0.25, -0.2) is 0 Å². The minimum absolute atomic E-state index is 0.483. The maximum atomic E-state index is 14.7. The third-order valence-corrected chi connectivity index (χ3v) is 17.7. The minimum atomic E-state index is -3.96. The zero-order valence-corrected chi connectivity index (χ0v) is 26.5. The van der Waals surface area contributed by atoms with Crippen LogP contribution in [0.4, 0.5) is 0 Å². The van der Waals surface area contributed by atoms with Crippen LogP contribution >= 0.6 is 6.83 Å². The van der Waals surface area contributed by atoms with E-state index < -0.39 is 16.9 Å². The van der Waals surface area contributed by atoms with Gasteiger partial charge < -0.3 is 0 Å². The molecule has 0 unspecified atom stereocenters. The quantitative estimate of drug-likeness (QED) is 0.163. The first-order valence-corrected chi connectivity index (χ1v) is 19.6. The van der Waals surface area contributed by atoms with E-state index in [0.29, 0.717) is 4.90 Å². The molecule has 5 heteroatoms. The van der Waals surface area contributed by atoms with E-state index in [1.165, 1.54) is 5.56 Å². The summed E-state index contributed by atoms with van der Waals surface area (Å²) in [5.74, 6) is 0. The van der Waals surface area contributed by atoms with E-state index in [-0.39, 0.29) is 0 Å². The summed E-state index contributed by atoms with van der Waals surface area (Å²) >= 11 is 0. The van der Waals surface area contributed by atoms with Crippen LogP contribution in [0.25, 0.3) is 10.8 Å². The Balaban J connectivity index is 2.84. The van der Waals surface area contributed by atoms with E-state index in [4.69, 9.17) is 3.97 Å². The van der Waals surface area contributed by atoms with Crippen LogP contribution < -0.4 is 0 Å². The Morgan fingerprint density at radius 2 is 1.22 bits per heavy atom. The zero-order valence-electron chi connectivity index (χ0n) is 24.8. The molecule has 0 aromatic heterocycles. The van der Waals surface area contributed by atoms with Crippen LogP contribution in [0.5, 0.6) is 0 Å². The molecule has 3 nitrogen and oxygen atoms in total. The molecule has 0 bridgehead atoms. The summed E-state index contributed by atoms with van der Waals surface area (Å²) in [7, 11) is -3.96. The monoisotopic (exact) mass is 550 g/mol. The molecule has 0 saturated heterocycles. The molecule has 0 aliphatic heterocycles. The second-order valence-corrected chi connectivity index (χ2v) is 18.8. The van der Waals surface area contributed by atoms with Gasteiger partial charge in [-0.3, -0.25) is 0 Å². The first-order valence-electron chi connectivity index (χ1n) is 15.3. The molecule has 37 heavy (non-hydrogen) atoms. The Kier molecular flexibility index (Phi) is 13.1. The zero-order chi connectivity index (χ0) is 27.4. The Labute approximate surface area is 229 Å². The molecule has 0 amide bonds. The molecule has 0 atom stereocenters. The summed E-state index contributed by atoms with van der Waals surface area (Å²) in [5, 5.41) is 1.85. The van der Waals surface area contributed by atoms with Gasteiger partial charge >= 0.3 is 230 Å². The molecule has 2 aromatic rings. The first kappa shape index (κ1) is 32.3. The van der Waals surface area contributed by atoms with E-state index in [0.717, 1.165) is 118 Å². The third-order valence-electron chi connectivity index (χ3n) is 8.37. The molecule has 0 heterocycles. The van der Waals surface area contributed by atoms with Gasteiger partial charge in [-0.1, -0.05) is 0 Å². The summed E-state index contributed by atoms with van der Waals surface area (Å²) in [6.07, 6.45) is 15.8. The van der Waals surface area contributed by atoms with Crippen LogP contribution in [-0.2, 0) is 26.9 Å². The topological polar surface area (TPSA) is 43.4 Å². The van der Waals surface area contributed by atoms with Crippen LogP contribution in [0.3, 0.4) is 0 Å². The van der Waals surface area contributed by atoms with Gasteiger partial charge in [0.25, 0.3) is 0 Å². The van der Waals surface area contributed by atoms with Gasteiger partial charge in [-0.15, -0.1) is 0 Å². The predicted molar refractivity (Wildman–Crippen MR) is 166 cm³/mol. The van der Waals surface area contributed by atoms with E-state index >= 15 is 0 Å². The molecule has 212 valence electrons. The number of fused-ring (bicyclic) bond motifs is 1. The molecule has 2 aromatic carbocycles. The van der Waals surface area contributed by atoms with Crippen molar-refractivity contribution in [3.05, 3.63) is 41.5 Å². The first-order chi connectivity index (χ1) is 17.7. The van der Waals surface area contributed by atoms with Crippen molar-refractivity contribution in [1.29, 1.82) is 0 Å². The number of benzene rings is 2. The number of aryl methyl sites for hydroxylation is 1. The van der Waals surface area contributed by atoms with Crippen molar-refractivity contribution in [2.24, 2.45) is 0 Å². The van der Waals surface area contributed by atoms with E-state index in [1.54, 1.807) is 0 Å². The fourth-order valence-corrected chi connectivity index (χ4v) is 15.7. The maximum absolute atomic E-state index is 14.7. The van der Waals surface area contributed by atoms with Gasteiger partial charge in [0, 0.05) is 0 Å². The van der Waals surface area contributed by atoms with Crippen molar-refractivity contribution in [2.45, 2.75) is 123 Å². The van der Waals surface area contributed by atoms with Gasteiger partial charge in [-0.05, 0) is 0 Å². The molecule has 0 aliphatic carbocycles. The van der Waals surface area contributed by atoms with Crippen molar-refractivity contribution in [1.82, 2.24) is 0 Å². The van der Waals surface area contributed by atoms with E-state index in [2.05, 4.69) is 53.7 Å². The van der Waals surface area contributed by atoms with Crippen LogP contribution in [0, 0.1) is 0 Å². The Morgan fingerprint density at radius 1 is 0.703 bits per heavy atom. The summed E-state index contributed by atoms with van der Waals surface area (Å²) in [5.41, 5.74) is 2.21. The van der Waals surface area contributed by atoms with E-state index in [9.17, 15) is 8.42 Å². The molecular formula is C32H55O3PS. The fourth-order valence-electron chi connectivity index (χ4n) is 5.88.